The first-order valence-corrected chi connectivity index (χ1v) is 11.7. The SMILES string of the molecule is CCOC(=O)c1c(NC(=O)/C=C/c2cc3cc(Cl)cc(OC)c3o2)sc2c1CC[C@@H](C)C2. The van der Waals surface area contributed by atoms with E-state index in [0.29, 0.717) is 38.6 Å². The van der Waals surface area contributed by atoms with Crippen molar-refractivity contribution in [3.8, 4) is 5.75 Å². The summed E-state index contributed by atoms with van der Waals surface area (Å²) in [6.45, 7) is 4.26. The highest BCUT2D eigenvalue weighted by atomic mass is 35.5. The molecule has 1 aliphatic rings. The standard InChI is InChI=1S/C24H24ClNO5S/c1-4-30-24(28)21-17-7-5-13(2)9-19(17)32-23(21)26-20(27)8-6-16-11-14-10-15(25)12-18(29-3)22(14)31-16/h6,8,10-13H,4-5,7,9H2,1-3H3,(H,26,27)/b8-6+/t13-/m1/s1. The minimum absolute atomic E-state index is 0.284. The van der Waals surface area contributed by atoms with Gasteiger partial charge in [-0.05, 0) is 55.9 Å². The molecular weight excluding hydrogens is 450 g/mol. The minimum atomic E-state index is -0.389. The molecule has 0 saturated heterocycles. The number of thiophene rings is 1. The number of anilines is 1. The average Bonchev–Trinajstić information content (AvgIpc) is 3.31. The number of fused-ring (bicyclic) bond motifs is 2. The molecule has 168 valence electrons. The number of amides is 1. The Morgan fingerprint density at radius 3 is 2.91 bits per heavy atom. The Morgan fingerprint density at radius 1 is 1.34 bits per heavy atom. The van der Waals surface area contributed by atoms with Crippen molar-refractivity contribution in [2.45, 2.75) is 33.1 Å². The van der Waals surface area contributed by atoms with Crippen molar-refractivity contribution in [3.63, 3.8) is 0 Å². The molecule has 0 fully saturated rings. The Hall–Kier alpha value is -2.77. The monoisotopic (exact) mass is 473 g/mol. The number of nitrogens with one attached hydrogen (secondary N) is 1. The fourth-order valence-electron chi connectivity index (χ4n) is 3.91. The third kappa shape index (κ3) is 4.54. The lowest BCUT2D eigenvalue weighted by atomic mass is 9.88. The van der Waals surface area contributed by atoms with Crippen LogP contribution < -0.4 is 10.1 Å². The van der Waals surface area contributed by atoms with Gasteiger partial charge in [-0.1, -0.05) is 18.5 Å². The van der Waals surface area contributed by atoms with E-state index in [2.05, 4.69) is 12.2 Å². The van der Waals surface area contributed by atoms with Gasteiger partial charge in [0.15, 0.2) is 11.3 Å². The highest BCUT2D eigenvalue weighted by Crippen LogP contribution is 2.40. The molecule has 1 aromatic carbocycles. The van der Waals surface area contributed by atoms with Crippen LogP contribution in [0.3, 0.4) is 0 Å². The summed E-state index contributed by atoms with van der Waals surface area (Å²) in [4.78, 5) is 26.4. The van der Waals surface area contributed by atoms with Crippen molar-refractivity contribution in [3.05, 3.63) is 51.1 Å². The number of carbonyl (C=O) groups is 2. The molecule has 1 amide bonds. The topological polar surface area (TPSA) is 77.8 Å². The van der Waals surface area contributed by atoms with E-state index in [4.69, 9.17) is 25.5 Å². The predicted molar refractivity (Wildman–Crippen MR) is 127 cm³/mol. The van der Waals surface area contributed by atoms with Gasteiger partial charge in [0.05, 0.1) is 19.3 Å². The van der Waals surface area contributed by atoms with E-state index in [9.17, 15) is 9.59 Å². The lowest BCUT2D eigenvalue weighted by Crippen LogP contribution is -2.15. The van der Waals surface area contributed by atoms with Crippen LogP contribution in [0.2, 0.25) is 5.02 Å². The molecule has 1 aliphatic carbocycles. The summed E-state index contributed by atoms with van der Waals surface area (Å²) >= 11 is 7.56. The summed E-state index contributed by atoms with van der Waals surface area (Å²) < 4.78 is 16.4. The van der Waals surface area contributed by atoms with Crippen molar-refractivity contribution in [2.75, 3.05) is 19.0 Å². The smallest absolute Gasteiger partial charge is 0.341 e. The molecule has 0 saturated carbocycles. The lowest BCUT2D eigenvalue weighted by molar-refractivity contribution is -0.111. The van der Waals surface area contributed by atoms with Gasteiger partial charge in [-0.25, -0.2) is 4.79 Å². The van der Waals surface area contributed by atoms with E-state index in [1.54, 1.807) is 38.3 Å². The fraction of sp³-hybridized carbons (Fsp3) is 0.333. The van der Waals surface area contributed by atoms with Gasteiger partial charge in [-0.15, -0.1) is 11.3 Å². The Labute approximate surface area is 195 Å². The molecule has 32 heavy (non-hydrogen) atoms. The molecule has 0 unspecified atom stereocenters. The van der Waals surface area contributed by atoms with Crippen LogP contribution in [-0.4, -0.2) is 25.6 Å². The number of rotatable bonds is 6. The molecule has 4 rings (SSSR count). The predicted octanol–water partition coefficient (Wildman–Crippen LogP) is 6.11. The molecule has 0 aliphatic heterocycles. The fourth-order valence-corrected chi connectivity index (χ4v) is 5.53. The number of methoxy groups -OCH3 is 1. The molecular formula is C24H24ClNO5S. The summed E-state index contributed by atoms with van der Waals surface area (Å²) in [6.07, 6.45) is 5.69. The first kappa shape index (κ1) is 22.4. The second-order valence-corrected chi connectivity index (χ2v) is 9.32. The van der Waals surface area contributed by atoms with Crippen LogP contribution in [0.25, 0.3) is 17.0 Å². The van der Waals surface area contributed by atoms with Crippen molar-refractivity contribution in [2.24, 2.45) is 5.92 Å². The number of esters is 1. The number of halogens is 1. The maximum Gasteiger partial charge on any atom is 0.341 e. The van der Waals surface area contributed by atoms with Gasteiger partial charge in [0.2, 0.25) is 5.91 Å². The van der Waals surface area contributed by atoms with Gasteiger partial charge in [-0.2, -0.15) is 0 Å². The quantitative estimate of drug-likeness (QED) is 0.345. The van der Waals surface area contributed by atoms with Crippen LogP contribution in [0.15, 0.2) is 28.7 Å². The third-order valence-corrected chi connectivity index (χ3v) is 6.80. The summed E-state index contributed by atoms with van der Waals surface area (Å²) in [5.74, 6) is 0.820. The first-order chi connectivity index (χ1) is 15.4. The number of hydrogen-bond donors (Lipinski definition) is 1. The van der Waals surface area contributed by atoms with Gasteiger partial charge in [0.1, 0.15) is 10.8 Å². The van der Waals surface area contributed by atoms with Crippen LogP contribution in [0.5, 0.6) is 5.75 Å². The molecule has 0 bridgehead atoms. The molecule has 1 atom stereocenters. The molecule has 8 heteroatoms. The van der Waals surface area contributed by atoms with E-state index in [1.165, 1.54) is 17.4 Å². The van der Waals surface area contributed by atoms with Crippen molar-refractivity contribution >= 4 is 56.9 Å². The molecule has 2 aromatic heterocycles. The minimum Gasteiger partial charge on any atom is -0.493 e. The second-order valence-electron chi connectivity index (χ2n) is 7.77. The second kappa shape index (κ2) is 9.38. The maximum absolute atomic E-state index is 12.7. The number of hydrogen-bond acceptors (Lipinski definition) is 6. The summed E-state index contributed by atoms with van der Waals surface area (Å²) in [5.41, 5.74) is 2.05. The molecule has 3 aromatic rings. The number of benzene rings is 1. The zero-order chi connectivity index (χ0) is 22.8. The van der Waals surface area contributed by atoms with E-state index in [0.717, 1.165) is 35.1 Å². The van der Waals surface area contributed by atoms with E-state index < -0.39 is 0 Å². The van der Waals surface area contributed by atoms with Crippen molar-refractivity contribution in [1.82, 2.24) is 0 Å². The molecule has 1 N–H and O–H groups in total. The summed E-state index contributed by atoms with van der Waals surface area (Å²) in [6, 6.07) is 5.22. The van der Waals surface area contributed by atoms with Gasteiger partial charge in [0, 0.05) is 27.4 Å². The van der Waals surface area contributed by atoms with Gasteiger partial charge in [-0.3, -0.25) is 4.79 Å². The normalized spacial score (nSPS) is 15.7. The Balaban J connectivity index is 1.57. The number of carbonyl (C=O) groups excluding carboxylic acids is 2. The zero-order valence-corrected chi connectivity index (χ0v) is 19.7. The third-order valence-electron chi connectivity index (χ3n) is 5.41. The van der Waals surface area contributed by atoms with Crippen LogP contribution >= 0.6 is 22.9 Å². The number of ether oxygens (including phenoxy) is 2. The van der Waals surface area contributed by atoms with Gasteiger partial charge >= 0.3 is 5.97 Å². The van der Waals surface area contributed by atoms with Crippen LogP contribution in [-0.2, 0) is 22.4 Å². The van der Waals surface area contributed by atoms with E-state index in [1.807, 2.05) is 0 Å². The summed E-state index contributed by atoms with van der Waals surface area (Å²) in [5, 5.41) is 4.71. The zero-order valence-electron chi connectivity index (χ0n) is 18.1. The van der Waals surface area contributed by atoms with Gasteiger partial charge in [0.25, 0.3) is 0 Å². The molecule has 0 radical (unpaired) electrons. The van der Waals surface area contributed by atoms with Gasteiger partial charge < -0.3 is 19.2 Å². The highest BCUT2D eigenvalue weighted by Gasteiger charge is 2.28. The van der Waals surface area contributed by atoms with E-state index in [-0.39, 0.29) is 18.5 Å². The molecule has 6 nitrogen and oxygen atoms in total. The van der Waals surface area contributed by atoms with Crippen molar-refractivity contribution < 1.29 is 23.5 Å². The van der Waals surface area contributed by atoms with Crippen LogP contribution in [0.1, 0.15) is 46.8 Å². The Morgan fingerprint density at radius 2 is 2.16 bits per heavy atom. The molecule has 2 heterocycles. The Kier molecular flexibility index (Phi) is 6.58. The van der Waals surface area contributed by atoms with Crippen LogP contribution in [0, 0.1) is 5.92 Å². The maximum atomic E-state index is 12.7. The largest absolute Gasteiger partial charge is 0.493 e. The average molecular weight is 474 g/mol. The van der Waals surface area contributed by atoms with Crippen molar-refractivity contribution in [1.29, 1.82) is 0 Å². The first-order valence-electron chi connectivity index (χ1n) is 10.5. The summed E-state index contributed by atoms with van der Waals surface area (Å²) in [7, 11) is 1.54. The number of furan rings is 1. The molecule has 0 spiro atoms. The highest BCUT2D eigenvalue weighted by molar-refractivity contribution is 7.17. The van der Waals surface area contributed by atoms with Crippen LogP contribution in [0.4, 0.5) is 5.00 Å². The lowest BCUT2D eigenvalue weighted by Gasteiger charge is -2.18. The van der Waals surface area contributed by atoms with E-state index >= 15 is 0 Å². The Bertz CT molecular complexity index is 1210.